The molecule has 0 unspecified atom stereocenters. The Morgan fingerprint density at radius 1 is 0.833 bits per heavy atom. The SMILES string of the molecule is CCOc1ccc(N2C(=O)c3cccc4cccc(c34)C2=O)cc1. The molecular weight excluding hydrogens is 302 g/mol. The Morgan fingerprint density at radius 2 is 1.42 bits per heavy atom. The number of amides is 2. The molecule has 3 aromatic carbocycles. The monoisotopic (exact) mass is 317 g/mol. The van der Waals surface area contributed by atoms with Crippen molar-refractivity contribution in [2.24, 2.45) is 0 Å². The van der Waals surface area contributed by atoms with Crippen LogP contribution < -0.4 is 9.64 Å². The van der Waals surface area contributed by atoms with Crippen LogP contribution in [-0.2, 0) is 0 Å². The number of nitrogens with zero attached hydrogens (tertiary/aromatic N) is 1. The molecule has 4 nitrogen and oxygen atoms in total. The normalized spacial score (nSPS) is 13.5. The van der Waals surface area contributed by atoms with Gasteiger partial charge in [-0.3, -0.25) is 9.59 Å². The molecule has 0 saturated heterocycles. The van der Waals surface area contributed by atoms with Crippen LogP contribution in [0, 0.1) is 0 Å². The standard InChI is InChI=1S/C20H15NO3/c1-2-24-15-11-9-14(10-12-15)21-19(22)16-7-3-5-13-6-4-8-17(18(13)16)20(21)23/h3-12H,2H2,1H3. The first-order valence-electron chi connectivity index (χ1n) is 7.84. The molecule has 4 heteroatoms. The molecule has 0 bridgehead atoms. The second kappa shape index (κ2) is 5.49. The lowest BCUT2D eigenvalue weighted by Gasteiger charge is -2.27. The van der Waals surface area contributed by atoms with Gasteiger partial charge in [0.1, 0.15) is 5.75 Å². The molecule has 0 radical (unpaired) electrons. The van der Waals surface area contributed by atoms with Crippen molar-refractivity contribution in [1.29, 1.82) is 0 Å². The first-order valence-corrected chi connectivity index (χ1v) is 7.84. The second-order valence-electron chi connectivity index (χ2n) is 5.58. The molecule has 4 rings (SSSR count). The summed E-state index contributed by atoms with van der Waals surface area (Å²) < 4.78 is 5.42. The summed E-state index contributed by atoms with van der Waals surface area (Å²) in [5.41, 5.74) is 1.65. The van der Waals surface area contributed by atoms with Gasteiger partial charge in [0.15, 0.2) is 0 Å². The van der Waals surface area contributed by atoms with Crippen molar-refractivity contribution >= 4 is 28.3 Å². The summed E-state index contributed by atoms with van der Waals surface area (Å²) >= 11 is 0. The van der Waals surface area contributed by atoms with Crippen molar-refractivity contribution in [3.8, 4) is 5.75 Å². The van der Waals surface area contributed by atoms with E-state index in [-0.39, 0.29) is 11.8 Å². The molecule has 24 heavy (non-hydrogen) atoms. The minimum absolute atomic E-state index is 0.298. The van der Waals surface area contributed by atoms with Crippen molar-refractivity contribution in [2.75, 3.05) is 11.5 Å². The van der Waals surface area contributed by atoms with Crippen LogP contribution in [0.15, 0.2) is 60.7 Å². The fraction of sp³-hybridized carbons (Fsp3) is 0.100. The maximum absolute atomic E-state index is 12.9. The zero-order valence-electron chi connectivity index (χ0n) is 13.2. The summed E-state index contributed by atoms with van der Waals surface area (Å²) in [5, 5.41) is 1.63. The first-order chi connectivity index (χ1) is 11.7. The molecular formula is C20H15NO3. The van der Waals surface area contributed by atoms with Crippen LogP contribution in [0.25, 0.3) is 10.8 Å². The Balaban J connectivity index is 1.84. The number of carbonyl (C=O) groups is 2. The average Bonchev–Trinajstić information content (AvgIpc) is 2.61. The predicted octanol–water partition coefficient (Wildman–Crippen LogP) is 4.04. The fourth-order valence-electron chi connectivity index (χ4n) is 3.12. The number of carbonyl (C=O) groups excluding carboxylic acids is 2. The molecule has 0 N–H and O–H groups in total. The van der Waals surface area contributed by atoms with Gasteiger partial charge in [-0.05, 0) is 48.7 Å². The highest BCUT2D eigenvalue weighted by molar-refractivity contribution is 6.35. The number of hydrogen-bond donors (Lipinski definition) is 0. The summed E-state index contributed by atoms with van der Waals surface area (Å²) in [5.74, 6) is 0.113. The van der Waals surface area contributed by atoms with Crippen LogP contribution in [0.5, 0.6) is 5.75 Å². The van der Waals surface area contributed by atoms with Gasteiger partial charge in [0.2, 0.25) is 0 Å². The summed E-state index contributed by atoms with van der Waals surface area (Å²) in [4.78, 5) is 27.0. The predicted molar refractivity (Wildman–Crippen MR) is 92.7 cm³/mol. The molecule has 0 aromatic heterocycles. The molecule has 1 aliphatic rings. The van der Waals surface area contributed by atoms with Crippen molar-refractivity contribution in [3.05, 3.63) is 71.8 Å². The molecule has 1 aliphatic heterocycles. The van der Waals surface area contributed by atoms with E-state index in [1.54, 1.807) is 36.4 Å². The lowest BCUT2D eigenvalue weighted by Crippen LogP contribution is -2.40. The smallest absolute Gasteiger partial charge is 0.265 e. The average molecular weight is 317 g/mol. The molecule has 1 heterocycles. The van der Waals surface area contributed by atoms with Gasteiger partial charge < -0.3 is 4.74 Å². The minimum Gasteiger partial charge on any atom is -0.494 e. The van der Waals surface area contributed by atoms with Gasteiger partial charge in [-0.15, -0.1) is 0 Å². The number of benzene rings is 3. The topological polar surface area (TPSA) is 46.6 Å². The van der Waals surface area contributed by atoms with E-state index in [9.17, 15) is 9.59 Å². The number of anilines is 1. The first kappa shape index (κ1) is 14.5. The molecule has 0 fully saturated rings. The van der Waals surface area contributed by atoms with Gasteiger partial charge >= 0.3 is 0 Å². The van der Waals surface area contributed by atoms with E-state index in [2.05, 4.69) is 0 Å². The van der Waals surface area contributed by atoms with Crippen LogP contribution in [0.3, 0.4) is 0 Å². The Labute approximate surface area is 139 Å². The minimum atomic E-state index is -0.298. The maximum Gasteiger partial charge on any atom is 0.265 e. The summed E-state index contributed by atoms with van der Waals surface area (Å²) in [7, 11) is 0. The fourth-order valence-corrected chi connectivity index (χ4v) is 3.12. The second-order valence-corrected chi connectivity index (χ2v) is 5.58. The summed E-state index contributed by atoms with van der Waals surface area (Å²) in [6.07, 6.45) is 0. The van der Waals surface area contributed by atoms with E-state index in [1.807, 2.05) is 31.2 Å². The van der Waals surface area contributed by atoms with Crippen LogP contribution in [0.1, 0.15) is 27.6 Å². The van der Waals surface area contributed by atoms with Crippen molar-refractivity contribution in [1.82, 2.24) is 0 Å². The van der Waals surface area contributed by atoms with E-state index in [4.69, 9.17) is 4.74 Å². The van der Waals surface area contributed by atoms with Crippen LogP contribution in [-0.4, -0.2) is 18.4 Å². The highest BCUT2D eigenvalue weighted by Gasteiger charge is 2.33. The van der Waals surface area contributed by atoms with E-state index in [1.165, 1.54) is 4.90 Å². The van der Waals surface area contributed by atoms with Crippen LogP contribution in [0.4, 0.5) is 5.69 Å². The molecule has 118 valence electrons. The molecule has 3 aromatic rings. The van der Waals surface area contributed by atoms with Gasteiger partial charge in [-0.25, -0.2) is 4.90 Å². The van der Waals surface area contributed by atoms with E-state index in [0.717, 1.165) is 10.8 Å². The maximum atomic E-state index is 12.9. The molecule has 0 atom stereocenters. The quantitative estimate of drug-likeness (QED) is 0.685. The zero-order chi connectivity index (χ0) is 16.7. The van der Waals surface area contributed by atoms with Crippen LogP contribution >= 0.6 is 0 Å². The zero-order valence-corrected chi connectivity index (χ0v) is 13.2. The third kappa shape index (κ3) is 2.07. The highest BCUT2D eigenvalue weighted by atomic mass is 16.5. The Morgan fingerprint density at radius 3 is 1.96 bits per heavy atom. The summed E-state index contributed by atoms with van der Waals surface area (Å²) in [6.45, 7) is 2.47. The highest BCUT2D eigenvalue weighted by Crippen LogP contribution is 2.33. The number of hydrogen-bond acceptors (Lipinski definition) is 3. The lowest BCUT2D eigenvalue weighted by molar-refractivity contribution is 0.0893. The van der Waals surface area contributed by atoms with Crippen molar-refractivity contribution < 1.29 is 14.3 Å². The van der Waals surface area contributed by atoms with Crippen molar-refractivity contribution in [2.45, 2.75) is 6.92 Å². The van der Waals surface area contributed by atoms with Crippen LogP contribution in [0.2, 0.25) is 0 Å². The van der Waals surface area contributed by atoms with Gasteiger partial charge in [-0.1, -0.05) is 24.3 Å². The Hall–Kier alpha value is -3.14. The molecule has 0 aliphatic carbocycles. The molecule has 0 spiro atoms. The Bertz CT molecular complexity index is 910. The van der Waals surface area contributed by atoms with E-state index < -0.39 is 0 Å². The third-order valence-corrected chi connectivity index (χ3v) is 4.18. The van der Waals surface area contributed by atoms with Gasteiger partial charge in [0.05, 0.1) is 12.3 Å². The van der Waals surface area contributed by atoms with Crippen molar-refractivity contribution in [3.63, 3.8) is 0 Å². The largest absolute Gasteiger partial charge is 0.494 e. The van der Waals surface area contributed by atoms with Gasteiger partial charge in [0, 0.05) is 16.5 Å². The summed E-state index contributed by atoms with van der Waals surface area (Å²) in [6, 6.07) is 18.0. The molecule has 2 amide bonds. The van der Waals surface area contributed by atoms with E-state index in [0.29, 0.717) is 29.2 Å². The molecule has 0 saturated carbocycles. The van der Waals surface area contributed by atoms with Gasteiger partial charge in [-0.2, -0.15) is 0 Å². The third-order valence-electron chi connectivity index (χ3n) is 4.18. The van der Waals surface area contributed by atoms with Gasteiger partial charge in [0.25, 0.3) is 11.8 Å². The lowest BCUT2D eigenvalue weighted by atomic mass is 9.94. The Kier molecular flexibility index (Phi) is 3.31. The number of imide groups is 1. The number of ether oxygens (including phenoxy) is 1. The van der Waals surface area contributed by atoms with E-state index >= 15 is 0 Å². The number of rotatable bonds is 3.